The SMILES string of the molecule is COCCOCCOCCOc1cc(Br)ccc1Cl. The van der Waals surface area contributed by atoms with Crippen molar-refractivity contribution in [2.75, 3.05) is 46.8 Å². The van der Waals surface area contributed by atoms with E-state index < -0.39 is 0 Å². The fraction of sp³-hybridized carbons (Fsp3) is 0.538. The molecule has 0 spiro atoms. The summed E-state index contributed by atoms with van der Waals surface area (Å²) in [4.78, 5) is 0. The maximum Gasteiger partial charge on any atom is 0.139 e. The Morgan fingerprint density at radius 3 is 2.32 bits per heavy atom. The van der Waals surface area contributed by atoms with Crippen molar-refractivity contribution < 1.29 is 18.9 Å². The van der Waals surface area contributed by atoms with Crippen LogP contribution in [0.5, 0.6) is 5.75 Å². The van der Waals surface area contributed by atoms with Gasteiger partial charge in [0.1, 0.15) is 12.4 Å². The van der Waals surface area contributed by atoms with Crippen LogP contribution in [0.1, 0.15) is 0 Å². The number of methoxy groups -OCH3 is 1. The zero-order valence-electron chi connectivity index (χ0n) is 10.9. The number of halogens is 2. The third-order valence-electron chi connectivity index (χ3n) is 2.18. The molecule has 0 radical (unpaired) electrons. The van der Waals surface area contributed by atoms with E-state index in [0.29, 0.717) is 50.4 Å². The van der Waals surface area contributed by atoms with E-state index in [4.69, 9.17) is 30.5 Å². The summed E-state index contributed by atoms with van der Waals surface area (Å²) in [5.41, 5.74) is 0. The Morgan fingerprint density at radius 2 is 1.63 bits per heavy atom. The second kappa shape index (κ2) is 10.5. The fourth-order valence-electron chi connectivity index (χ4n) is 1.26. The van der Waals surface area contributed by atoms with Crippen LogP contribution >= 0.6 is 27.5 Å². The molecule has 0 heterocycles. The largest absolute Gasteiger partial charge is 0.490 e. The zero-order valence-corrected chi connectivity index (χ0v) is 13.2. The first kappa shape index (κ1) is 16.7. The van der Waals surface area contributed by atoms with Crippen LogP contribution in [0, 0.1) is 0 Å². The van der Waals surface area contributed by atoms with E-state index in [2.05, 4.69) is 15.9 Å². The lowest BCUT2D eigenvalue weighted by molar-refractivity contribution is 0.0180. The van der Waals surface area contributed by atoms with Gasteiger partial charge in [0.25, 0.3) is 0 Å². The Hall–Kier alpha value is -0.330. The second-order valence-corrected chi connectivity index (χ2v) is 4.96. The average Bonchev–Trinajstić information content (AvgIpc) is 2.40. The highest BCUT2D eigenvalue weighted by Crippen LogP contribution is 2.27. The van der Waals surface area contributed by atoms with E-state index in [0.717, 1.165) is 4.47 Å². The van der Waals surface area contributed by atoms with Crippen molar-refractivity contribution in [1.29, 1.82) is 0 Å². The molecule has 0 aliphatic carbocycles. The molecule has 0 aliphatic heterocycles. The van der Waals surface area contributed by atoms with Gasteiger partial charge < -0.3 is 18.9 Å². The highest BCUT2D eigenvalue weighted by atomic mass is 79.9. The summed E-state index contributed by atoms with van der Waals surface area (Å²) in [5, 5.41) is 0.589. The van der Waals surface area contributed by atoms with Gasteiger partial charge in [-0.1, -0.05) is 27.5 Å². The van der Waals surface area contributed by atoms with Crippen LogP contribution in [0.15, 0.2) is 22.7 Å². The molecule has 6 heteroatoms. The van der Waals surface area contributed by atoms with Crippen LogP contribution in [0.4, 0.5) is 0 Å². The number of benzene rings is 1. The lowest BCUT2D eigenvalue weighted by Crippen LogP contribution is -2.12. The standard InChI is InChI=1S/C13H18BrClO4/c1-16-4-5-17-6-7-18-8-9-19-13-10-11(14)2-3-12(13)15/h2-3,10H,4-9H2,1H3. The Morgan fingerprint density at radius 1 is 1.00 bits per heavy atom. The predicted octanol–water partition coefficient (Wildman–Crippen LogP) is 3.16. The van der Waals surface area contributed by atoms with Crippen molar-refractivity contribution in [3.8, 4) is 5.75 Å². The first-order valence-corrected chi connectivity index (χ1v) is 7.13. The molecular weight excluding hydrogens is 335 g/mol. The van der Waals surface area contributed by atoms with Crippen molar-refractivity contribution in [2.24, 2.45) is 0 Å². The molecule has 0 unspecified atom stereocenters. The average molecular weight is 354 g/mol. The molecule has 0 fully saturated rings. The third kappa shape index (κ3) is 7.74. The van der Waals surface area contributed by atoms with Gasteiger partial charge in [0.05, 0.1) is 38.1 Å². The summed E-state index contributed by atoms with van der Waals surface area (Å²) in [6.07, 6.45) is 0. The van der Waals surface area contributed by atoms with E-state index in [1.165, 1.54) is 0 Å². The molecule has 0 aliphatic rings. The number of hydrogen-bond donors (Lipinski definition) is 0. The summed E-state index contributed by atoms with van der Waals surface area (Å²) in [5.74, 6) is 0.649. The molecule has 0 N–H and O–H groups in total. The third-order valence-corrected chi connectivity index (χ3v) is 2.99. The summed E-state index contributed by atoms with van der Waals surface area (Å²) < 4.78 is 21.9. The van der Waals surface area contributed by atoms with Crippen molar-refractivity contribution in [3.63, 3.8) is 0 Å². The molecule has 1 aromatic rings. The van der Waals surface area contributed by atoms with Crippen molar-refractivity contribution >= 4 is 27.5 Å². The van der Waals surface area contributed by atoms with Gasteiger partial charge in [-0.3, -0.25) is 0 Å². The molecule has 1 aromatic carbocycles. The zero-order chi connectivity index (χ0) is 13.9. The summed E-state index contributed by atoms with van der Waals surface area (Å²) in [7, 11) is 1.64. The molecule has 0 aromatic heterocycles. The quantitative estimate of drug-likeness (QED) is 0.606. The smallest absolute Gasteiger partial charge is 0.139 e. The minimum atomic E-state index is 0.453. The second-order valence-electron chi connectivity index (χ2n) is 3.64. The lowest BCUT2D eigenvalue weighted by atomic mass is 10.3. The van der Waals surface area contributed by atoms with E-state index in [1.807, 2.05) is 12.1 Å². The number of rotatable bonds is 10. The van der Waals surface area contributed by atoms with E-state index in [-0.39, 0.29) is 0 Å². The van der Waals surface area contributed by atoms with Gasteiger partial charge in [-0.05, 0) is 18.2 Å². The van der Waals surface area contributed by atoms with Crippen LogP contribution < -0.4 is 4.74 Å². The molecule has 0 atom stereocenters. The molecule has 0 bridgehead atoms. The van der Waals surface area contributed by atoms with Crippen LogP contribution in [-0.4, -0.2) is 46.8 Å². The first-order valence-electron chi connectivity index (χ1n) is 5.96. The molecule has 19 heavy (non-hydrogen) atoms. The van der Waals surface area contributed by atoms with Gasteiger partial charge in [-0.2, -0.15) is 0 Å². The minimum absolute atomic E-state index is 0.453. The molecule has 0 amide bonds. The van der Waals surface area contributed by atoms with E-state index >= 15 is 0 Å². The molecule has 108 valence electrons. The Balaban J connectivity index is 2.03. The van der Waals surface area contributed by atoms with Gasteiger partial charge in [0, 0.05) is 11.6 Å². The Bertz CT molecular complexity index is 362. The predicted molar refractivity (Wildman–Crippen MR) is 78.2 cm³/mol. The summed E-state index contributed by atoms with van der Waals surface area (Å²) in [6.45, 7) is 3.24. The first-order chi connectivity index (χ1) is 9.24. The van der Waals surface area contributed by atoms with Crippen molar-refractivity contribution in [1.82, 2.24) is 0 Å². The molecule has 0 saturated carbocycles. The van der Waals surface area contributed by atoms with Crippen LogP contribution in [-0.2, 0) is 14.2 Å². The number of ether oxygens (including phenoxy) is 4. The topological polar surface area (TPSA) is 36.9 Å². The number of hydrogen-bond acceptors (Lipinski definition) is 4. The van der Waals surface area contributed by atoms with Gasteiger partial charge in [-0.25, -0.2) is 0 Å². The molecule has 4 nitrogen and oxygen atoms in total. The highest BCUT2D eigenvalue weighted by molar-refractivity contribution is 9.10. The van der Waals surface area contributed by atoms with Crippen LogP contribution in [0.25, 0.3) is 0 Å². The van der Waals surface area contributed by atoms with Gasteiger partial charge in [0.2, 0.25) is 0 Å². The molecular formula is C13H18BrClO4. The van der Waals surface area contributed by atoms with Gasteiger partial charge >= 0.3 is 0 Å². The Kier molecular flexibility index (Phi) is 9.20. The normalized spacial score (nSPS) is 10.7. The van der Waals surface area contributed by atoms with Crippen LogP contribution in [0.3, 0.4) is 0 Å². The maximum absolute atomic E-state index is 5.99. The molecule has 0 saturated heterocycles. The van der Waals surface area contributed by atoms with E-state index in [1.54, 1.807) is 13.2 Å². The Labute approximate surface area is 127 Å². The van der Waals surface area contributed by atoms with Crippen molar-refractivity contribution in [3.05, 3.63) is 27.7 Å². The van der Waals surface area contributed by atoms with Gasteiger partial charge in [-0.15, -0.1) is 0 Å². The summed E-state index contributed by atoms with van der Waals surface area (Å²) >= 11 is 9.35. The van der Waals surface area contributed by atoms with Crippen molar-refractivity contribution in [2.45, 2.75) is 0 Å². The van der Waals surface area contributed by atoms with Crippen LogP contribution in [0.2, 0.25) is 5.02 Å². The lowest BCUT2D eigenvalue weighted by Gasteiger charge is -2.09. The van der Waals surface area contributed by atoms with E-state index in [9.17, 15) is 0 Å². The maximum atomic E-state index is 5.99. The molecule has 1 rings (SSSR count). The summed E-state index contributed by atoms with van der Waals surface area (Å²) in [6, 6.07) is 5.48. The fourth-order valence-corrected chi connectivity index (χ4v) is 1.77. The van der Waals surface area contributed by atoms with Gasteiger partial charge in [0.15, 0.2) is 0 Å². The highest BCUT2D eigenvalue weighted by Gasteiger charge is 2.01. The minimum Gasteiger partial charge on any atom is -0.490 e. The monoisotopic (exact) mass is 352 g/mol.